The van der Waals surface area contributed by atoms with Gasteiger partial charge in [0.25, 0.3) is 0 Å². The van der Waals surface area contributed by atoms with Crippen LogP contribution in [-0.4, -0.2) is 22.0 Å². The molecule has 0 spiro atoms. The molecule has 0 aliphatic rings. The molecule has 0 bridgehead atoms. The zero-order valence-electron chi connectivity index (χ0n) is 9.49. The first-order chi connectivity index (χ1) is 7.69. The van der Waals surface area contributed by atoms with E-state index in [1.54, 1.807) is 18.7 Å². The monoisotopic (exact) mass is 258 g/mol. The highest BCUT2D eigenvalue weighted by atomic mass is 35.5. The Bertz CT molecular complexity index is 371. The van der Waals surface area contributed by atoms with Gasteiger partial charge >= 0.3 is 0 Å². The van der Waals surface area contributed by atoms with Crippen molar-refractivity contribution in [2.45, 2.75) is 38.1 Å². The minimum Gasteiger partial charge on any atom is -0.298 e. The van der Waals surface area contributed by atoms with Gasteiger partial charge in [-0.05, 0) is 19.1 Å². The number of aromatic nitrogens is 2. The molecule has 1 heterocycles. The fraction of sp³-hybridized carbons (Fsp3) is 0.545. The number of rotatable bonds is 6. The molecule has 0 fully saturated rings. The van der Waals surface area contributed by atoms with Crippen LogP contribution < -0.4 is 0 Å². The van der Waals surface area contributed by atoms with E-state index in [1.165, 1.54) is 12.8 Å². The first-order valence-corrected chi connectivity index (χ1v) is 6.67. The van der Waals surface area contributed by atoms with Crippen molar-refractivity contribution in [3.63, 3.8) is 0 Å². The minimum atomic E-state index is 0.250. The van der Waals surface area contributed by atoms with Crippen molar-refractivity contribution in [3.8, 4) is 0 Å². The van der Waals surface area contributed by atoms with Crippen molar-refractivity contribution in [3.05, 3.63) is 16.5 Å². The van der Waals surface area contributed by atoms with E-state index in [4.69, 9.17) is 11.6 Å². The second kappa shape index (κ2) is 6.86. The summed E-state index contributed by atoms with van der Waals surface area (Å²) in [7, 11) is 0. The Balaban J connectivity index is 2.73. The Morgan fingerprint density at radius 3 is 2.75 bits per heavy atom. The summed E-state index contributed by atoms with van der Waals surface area (Å²) in [5.41, 5.74) is 0.411. The molecule has 1 aromatic heterocycles. The minimum absolute atomic E-state index is 0.250. The summed E-state index contributed by atoms with van der Waals surface area (Å²) in [6.07, 6.45) is 4.23. The summed E-state index contributed by atoms with van der Waals surface area (Å²) in [5.74, 6) is 1.56. The maximum Gasteiger partial charge on any atom is 0.155 e. The quantitative estimate of drug-likeness (QED) is 0.339. The summed E-state index contributed by atoms with van der Waals surface area (Å²) >= 11 is 7.45. The van der Waals surface area contributed by atoms with Crippen molar-refractivity contribution in [2.75, 3.05) is 5.75 Å². The third kappa shape index (κ3) is 3.76. The lowest BCUT2D eigenvalue weighted by atomic mass is 10.3. The molecule has 0 amide bonds. The van der Waals surface area contributed by atoms with Crippen LogP contribution in [0.15, 0.2) is 5.03 Å². The van der Waals surface area contributed by atoms with Crippen molar-refractivity contribution in [2.24, 2.45) is 0 Å². The Labute approximate surface area is 105 Å². The van der Waals surface area contributed by atoms with Crippen LogP contribution in [-0.2, 0) is 0 Å². The number of nitrogens with zero attached hydrogens (tertiary/aromatic N) is 2. The second-order valence-electron chi connectivity index (χ2n) is 3.45. The average molecular weight is 259 g/mol. The lowest BCUT2D eigenvalue weighted by Crippen LogP contribution is -1.98. The molecule has 0 radical (unpaired) electrons. The zero-order valence-corrected chi connectivity index (χ0v) is 11.1. The molecule has 0 aromatic carbocycles. The summed E-state index contributed by atoms with van der Waals surface area (Å²) in [6, 6.07) is 0. The molecule has 3 nitrogen and oxygen atoms in total. The van der Waals surface area contributed by atoms with Crippen molar-refractivity contribution >= 4 is 29.6 Å². The molecule has 16 heavy (non-hydrogen) atoms. The van der Waals surface area contributed by atoms with Gasteiger partial charge in [0.1, 0.15) is 16.0 Å². The van der Waals surface area contributed by atoms with Gasteiger partial charge in [0.2, 0.25) is 0 Å². The SMILES string of the molecule is CCCCCSc1nc(C)nc(Cl)c1C=O. The van der Waals surface area contributed by atoms with Gasteiger partial charge in [-0.15, -0.1) is 11.8 Å². The number of hydrogen-bond donors (Lipinski definition) is 0. The van der Waals surface area contributed by atoms with Crippen LogP contribution in [0.5, 0.6) is 0 Å². The van der Waals surface area contributed by atoms with Crippen molar-refractivity contribution in [1.29, 1.82) is 0 Å². The Morgan fingerprint density at radius 1 is 1.38 bits per heavy atom. The van der Waals surface area contributed by atoms with Crippen LogP contribution in [0.25, 0.3) is 0 Å². The number of carbonyl (C=O) groups excluding carboxylic acids is 1. The van der Waals surface area contributed by atoms with E-state index in [2.05, 4.69) is 16.9 Å². The number of aryl methyl sites for hydroxylation is 1. The van der Waals surface area contributed by atoms with Crippen LogP contribution in [0, 0.1) is 6.92 Å². The largest absolute Gasteiger partial charge is 0.298 e. The average Bonchev–Trinajstić information content (AvgIpc) is 2.24. The molecule has 0 saturated heterocycles. The third-order valence-corrected chi connectivity index (χ3v) is 3.45. The number of carbonyl (C=O) groups is 1. The number of thioether (sulfide) groups is 1. The van der Waals surface area contributed by atoms with Crippen LogP contribution in [0.1, 0.15) is 42.4 Å². The van der Waals surface area contributed by atoms with E-state index >= 15 is 0 Å². The molecular weight excluding hydrogens is 244 g/mol. The van der Waals surface area contributed by atoms with Gasteiger partial charge in [-0.3, -0.25) is 4.79 Å². The first kappa shape index (κ1) is 13.5. The maximum atomic E-state index is 10.9. The second-order valence-corrected chi connectivity index (χ2v) is 4.90. The fourth-order valence-corrected chi connectivity index (χ4v) is 2.60. The lowest BCUT2D eigenvalue weighted by molar-refractivity contribution is 0.112. The predicted octanol–water partition coefficient (Wildman–Crippen LogP) is 3.53. The summed E-state index contributed by atoms with van der Waals surface area (Å²) < 4.78 is 0. The van der Waals surface area contributed by atoms with Gasteiger partial charge in [0.05, 0.1) is 5.56 Å². The van der Waals surface area contributed by atoms with Crippen LogP contribution >= 0.6 is 23.4 Å². The molecular formula is C11H15ClN2OS. The van der Waals surface area contributed by atoms with Crippen LogP contribution in [0.4, 0.5) is 0 Å². The van der Waals surface area contributed by atoms with Gasteiger partial charge in [-0.2, -0.15) is 0 Å². The molecule has 0 N–H and O–H groups in total. The molecule has 88 valence electrons. The van der Waals surface area contributed by atoms with E-state index in [1.807, 2.05) is 0 Å². The van der Waals surface area contributed by atoms with E-state index < -0.39 is 0 Å². The number of hydrogen-bond acceptors (Lipinski definition) is 4. The van der Waals surface area contributed by atoms with Gasteiger partial charge in [-0.25, -0.2) is 9.97 Å². The van der Waals surface area contributed by atoms with Gasteiger partial charge in [0, 0.05) is 0 Å². The highest BCUT2D eigenvalue weighted by Crippen LogP contribution is 2.25. The third-order valence-electron chi connectivity index (χ3n) is 2.08. The molecule has 1 aromatic rings. The molecule has 0 aliphatic carbocycles. The van der Waals surface area contributed by atoms with Gasteiger partial charge in [-0.1, -0.05) is 31.4 Å². The molecule has 1 rings (SSSR count). The van der Waals surface area contributed by atoms with E-state index in [0.717, 1.165) is 18.5 Å². The smallest absolute Gasteiger partial charge is 0.155 e. The van der Waals surface area contributed by atoms with Gasteiger partial charge < -0.3 is 0 Å². The molecule has 5 heteroatoms. The Morgan fingerprint density at radius 2 is 2.12 bits per heavy atom. The standard InChI is InChI=1S/C11H15ClN2OS/c1-3-4-5-6-16-11-9(7-15)10(12)13-8(2)14-11/h7H,3-6H2,1-2H3. The van der Waals surface area contributed by atoms with E-state index in [9.17, 15) is 4.79 Å². The van der Waals surface area contributed by atoms with Crippen LogP contribution in [0.3, 0.4) is 0 Å². The Hall–Kier alpha value is -0.610. The van der Waals surface area contributed by atoms with Crippen molar-refractivity contribution < 1.29 is 4.79 Å². The summed E-state index contributed by atoms with van der Waals surface area (Å²) in [5, 5.41) is 0.948. The summed E-state index contributed by atoms with van der Waals surface area (Å²) in [4.78, 5) is 19.1. The van der Waals surface area contributed by atoms with Crippen LogP contribution in [0.2, 0.25) is 5.15 Å². The molecule has 0 atom stereocenters. The topological polar surface area (TPSA) is 42.9 Å². The number of aldehydes is 1. The normalized spacial score (nSPS) is 10.4. The van der Waals surface area contributed by atoms with E-state index in [0.29, 0.717) is 16.4 Å². The first-order valence-electron chi connectivity index (χ1n) is 5.31. The Kier molecular flexibility index (Phi) is 5.77. The molecule has 0 aliphatic heterocycles. The molecule has 0 saturated carbocycles. The van der Waals surface area contributed by atoms with Crippen molar-refractivity contribution in [1.82, 2.24) is 9.97 Å². The highest BCUT2D eigenvalue weighted by Gasteiger charge is 2.10. The lowest BCUT2D eigenvalue weighted by Gasteiger charge is -2.05. The van der Waals surface area contributed by atoms with E-state index in [-0.39, 0.29) is 5.15 Å². The summed E-state index contributed by atoms with van der Waals surface area (Å²) in [6.45, 7) is 3.93. The fourth-order valence-electron chi connectivity index (χ4n) is 1.25. The zero-order chi connectivity index (χ0) is 12.0. The molecule has 0 unspecified atom stereocenters. The predicted molar refractivity (Wildman–Crippen MR) is 67.4 cm³/mol. The number of halogens is 1. The highest BCUT2D eigenvalue weighted by molar-refractivity contribution is 7.99. The number of unbranched alkanes of at least 4 members (excludes halogenated alkanes) is 2. The maximum absolute atomic E-state index is 10.9. The van der Waals surface area contributed by atoms with Gasteiger partial charge in [0.15, 0.2) is 6.29 Å².